The zero-order chi connectivity index (χ0) is 12.4. The summed E-state index contributed by atoms with van der Waals surface area (Å²) in [5, 5.41) is 18.9. The van der Waals surface area contributed by atoms with E-state index in [9.17, 15) is 9.90 Å². The fourth-order valence-corrected chi connectivity index (χ4v) is 4.37. The second-order valence-corrected chi connectivity index (χ2v) is 6.55. The van der Waals surface area contributed by atoms with Crippen molar-refractivity contribution < 1.29 is 9.90 Å². The Morgan fingerprint density at radius 3 is 2.71 bits per heavy atom. The van der Waals surface area contributed by atoms with Crippen LogP contribution in [0.2, 0.25) is 0 Å². The fraction of sp³-hybridized carbons (Fsp3) is 0.545. The molecule has 17 heavy (non-hydrogen) atoms. The summed E-state index contributed by atoms with van der Waals surface area (Å²) in [4.78, 5) is 11.2. The number of fused-ring (bicyclic) bond motifs is 1. The molecule has 1 N–H and O–H groups in total. The van der Waals surface area contributed by atoms with Gasteiger partial charge in [0.25, 0.3) is 0 Å². The summed E-state index contributed by atoms with van der Waals surface area (Å²) in [6.45, 7) is 0. The third-order valence-electron chi connectivity index (χ3n) is 2.66. The van der Waals surface area contributed by atoms with Crippen LogP contribution in [-0.4, -0.2) is 44.7 Å². The molecule has 1 aromatic heterocycles. The number of hydrogen-bond donors (Lipinski definition) is 1. The van der Waals surface area contributed by atoms with Crippen molar-refractivity contribution in [2.75, 3.05) is 14.1 Å². The van der Waals surface area contributed by atoms with Crippen LogP contribution in [0.5, 0.6) is 0 Å². The van der Waals surface area contributed by atoms with Gasteiger partial charge in [0.2, 0.25) is 0 Å². The Balaban J connectivity index is 2.45. The second kappa shape index (κ2) is 5.02. The average Bonchev–Trinajstić information content (AvgIpc) is 2.65. The minimum absolute atomic E-state index is 0.0533. The van der Waals surface area contributed by atoms with E-state index in [2.05, 4.69) is 10.3 Å². The van der Waals surface area contributed by atoms with Crippen LogP contribution in [0.4, 0.5) is 5.69 Å². The van der Waals surface area contributed by atoms with Gasteiger partial charge in [-0.25, -0.2) is 0 Å². The first kappa shape index (κ1) is 12.3. The Hall–Kier alpha value is -1.13. The maximum atomic E-state index is 11.2. The van der Waals surface area contributed by atoms with E-state index >= 15 is 0 Å². The zero-order valence-corrected chi connectivity index (χ0v) is 11.6. The Morgan fingerprint density at radius 2 is 2.06 bits per heavy atom. The summed E-state index contributed by atoms with van der Waals surface area (Å²) < 4.78 is 1.78. The van der Waals surface area contributed by atoms with Crippen molar-refractivity contribution in [3.05, 3.63) is 14.4 Å². The van der Waals surface area contributed by atoms with Crippen molar-refractivity contribution in [2.45, 2.75) is 25.7 Å². The number of carboxylic acid groups (broad SMARTS) is 1. The predicted molar refractivity (Wildman–Crippen MR) is 65.2 cm³/mol. The molecule has 1 aromatic rings. The molecule has 5 nitrogen and oxygen atoms in total. The molecule has 0 spiro atoms. The Bertz CT molecular complexity index is 466. The van der Waals surface area contributed by atoms with Crippen LogP contribution in [0.3, 0.4) is 0 Å². The molecule has 0 bridgehead atoms. The van der Waals surface area contributed by atoms with Crippen LogP contribution in [0.1, 0.15) is 32.1 Å². The second-order valence-electron chi connectivity index (χ2n) is 4.23. The summed E-state index contributed by atoms with van der Waals surface area (Å²) in [7, 11) is 3.56. The minimum atomic E-state index is -0.841. The van der Waals surface area contributed by atoms with Crippen molar-refractivity contribution in [1.82, 2.24) is 5.01 Å². The summed E-state index contributed by atoms with van der Waals surface area (Å²) in [5.74, 6) is -0.841. The number of aryl methyl sites for hydroxylation is 1. The van der Waals surface area contributed by atoms with Crippen molar-refractivity contribution in [1.29, 1.82) is 0 Å². The van der Waals surface area contributed by atoms with Crippen LogP contribution in [0.15, 0.2) is 10.3 Å². The van der Waals surface area contributed by atoms with E-state index in [1.165, 1.54) is 10.9 Å². The van der Waals surface area contributed by atoms with E-state index in [0.29, 0.717) is 10.1 Å². The molecule has 2 rings (SSSR count). The average molecular weight is 300 g/mol. The van der Waals surface area contributed by atoms with Gasteiger partial charge in [0, 0.05) is 0 Å². The maximum absolute atomic E-state index is 11.2. The molecule has 0 radical (unpaired) electrons. The van der Waals surface area contributed by atoms with Gasteiger partial charge in [-0.2, -0.15) is 0 Å². The molecule has 0 aromatic carbocycles. The number of carboxylic acids is 1. The number of rotatable bonds is 3. The zero-order valence-electron chi connectivity index (χ0n) is 9.93. The van der Waals surface area contributed by atoms with Gasteiger partial charge in [-0.1, -0.05) is 0 Å². The van der Waals surface area contributed by atoms with E-state index < -0.39 is 5.97 Å². The van der Waals surface area contributed by atoms with Crippen LogP contribution in [0, 0.1) is 0 Å². The Kier molecular flexibility index (Phi) is 3.64. The predicted octanol–water partition coefficient (Wildman–Crippen LogP) is 1.88. The Labute approximate surface area is 106 Å². The van der Waals surface area contributed by atoms with Crippen LogP contribution < -0.4 is 0 Å². The van der Waals surface area contributed by atoms with Crippen LogP contribution >= 0.6 is 0 Å². The first-order chi connectivity index (χ1) is 8.09. The normalized spacial score (nSPS) is 14.9. The van der Waals surface area contributed by atoms with E-state index in [0.717, 1.165) is 24.8 Å². The molecule has 1 aliphatic carbocycles. The standard InChI is InChI=1S/C11H15N3O2Se/c1-14(2)13-12-9-7-5-3-4-6-8(7)17-10(9)11(15)16/h3-6H2,1-2H3,(H,15,16)/b13-12+. The Morgan fingerprint density at radius 1 is 1.35 bits per heavy atom. The van der Waals surface area contributed by atoms with Crippen LogP contribution in [-0.2, 0) is 12.8 Å². The summed E-state index contributed by atoms with van der Waals surface area (Å²) >= 11 is -0.0533. The molecule has 0 unspecified atom stereocenters. The van der Waals surface area contributed by atoms with E-state index in [1.54, 1.807) is 19.1 Å². The van der Waals surface area contributed by atoms with Gasteiger partial charge >= 0.3 is 106 Å². The van der Waals surface area contributed by atoms with Gasteiger partial charge in [0.1, 0.15) is 0 Å². The molecule has 1 aliphatic rings. The fourth-order valence-electron chi connectivity index (χ4n) is 1.93. The topological polar surface area (TPSA) is 65.3 Å². The first-order valence-electron chi connectivity index (χ1n) is 5.56. The molecule has 92 valence electrons. The number of carbonyl (C=O) groups is 1. The molecule has 0 aliphatic heterocycles. The van der Waals surface area contributed by atoms with Gasteiger partial charge < -0.3 is 0 Å². The molecule has 6 heteroatoms. The van der Waals surface area contributed by atoms with Crippen molar-refractivity contribution in [3.63, 3.8) is 0 Å². The molecular weight excluding hydrogens is 285 g/mol. The third kappa shape index (κ3) is 2.58. The van der Waals surface area contributed by atoms with Gasteiger partial charge in [-0.3, -0.25) is 0 Å². The molecule has 0 fully saturated rings. The van der Waals surface area contributed by atoms with Gasteiger partial charge in [0.15, 0.2) is 0 Å². The van der Waals surface area contributed by atoms with Gasteiger partial charge in [0.05, 0.1) is 0 Å². The molecule has 1 heterocycles. The van der Waals surface area contributed by atoms with Gasteiger partial charge in [-0.05, 0) is 0 Å². The monoisotopic (exact) mass is 301 g/mol. The third-order valence-corrected chi connectivity index (χ3v) is 5.32. The number of nitrogens with zero attached hydrogens (tertiary/aromatic N) is 3. The van der Waals surface area contributed by atoms with E-state index in [-0.39, 0.29) is 14.5 Å². The van der Waals surface area contributed by atoms with E-state index in [1.807, 2.05) is 0 Å². The first-order valence-corrected chi connectivity index (χ1v) is 7.27. The summed E-state index contributed by atoms with van der Waals surface area (Å²) in [5.41, 5.74) is 1.78. The van der Waals surface area contributed by atoms with Crippen molar-refractivity contribution in [2.24, 2.45) is 10.3 Å². The molecular formula is C11H15N3O2Se. The number of aromatic carboxylic acids is 1. The SMILES string of the molecule is CN(C)/N=N/c1c(C(=O)O)[se]c2c1CCCC2. The summed E-state index contributed by atoms with van der Waals surface area (Å²) in [6, 6.07) is 0. The molecule has 0 saturated heterocycles. The van der Waals surface area contributed by atoms with Crippen molar-refractivity contribution in [3.8, 4) is 0 Å². The summed E-state index contributed by atoms with van der Waals surface area (Å²) in [6.07, 6.45) is 4.29. The van der Waals surface area contributed by atoms with Crippen LogP contribution in [0.25, 0.3) is 0 Å². The van der Waals surface area contributed by atoms with Crippen molar-refractivity contribution >= 4 is 26.2 Å². The quantitative estimate of drug-likeness (QED) is 0.526. The number of hydrogen-bond acceptors (Lipinski definition) is 3. The molecule has 0 atom stereocenters. The molecule has 0 saturated carbocycles. The van der Waals surface area contributed by atoms with Gasteiger partial charge in [-0.15, -0.1) is 0 Å². The van der Waals surface area contributed by atoms with E-state index in [4.69, 9.17) is 0 Å². The molecule has 0 amide bonds.